The van der Waals surface area contributed by atoms with Crippen molar-refractivity contribution in [1.29, 1.82) is 0 Å². The fourth-order valence-corrected chi connectivity index (χ4v) is 2.67. The van der Waals surface area contributed by atoms with Gasteiger partial charge in [0.2, 0.25) is 5.78 Å². The van der Waals surface area contributed by atoms with E-state index in [0.29, 0.717) is 12.8 Å². The Bertz CT molecular complexity index is 321. The number of carbonyl (C=O) groups excluding carboxylic acids is 1. The minimum atomic E-state index is -4.65. The fraction of sp³-hybridized carbons (Fsp3) is 0.850. The maximum atomic E-state index is 12.0. The van der Waals surface area contributed by atoms with Crippen molar-refractivity contribution < 1.29 is 18.0 Å². The number of rotatable bonds is 16. The number of carbonyl (C=O) groups is 1. The summed E-state index contributed by atoms with van der Waals surface area (Å²) in [5.41, 5.74) is 0. The first-order chi connectivity index (χ1) is 11.5. The molecule has 0 atom stereocenters. The Hall–Kier alpha value is -0.800. The van der Waals surface area contributed by atoms with Crippen LogP contribution in [0.1, 0.15) is 103 Å². The number of allylic oxidation sites excluding steroid dienone is 2. The van der Waals surface area contributed by atoms with Crippen molar-refractivity contribution in [3.8, 4) is 0 Å². The van der Waals surface area contributed by atoms with Gasteiger partial charge in [-0.1, -0.05) is 76.9 Å². The van der Waals surface area contributed by atoms with Crippen molar-refractivity contribution in [3.63, 3.8) is 0 Å². The Kier molecular flexibility index (Phi) is 15.2. The number of halogens is 3. The van der Waals surface area contributed by atoms with Crippen LogP contribution < -0.4 is 0 Å². The standard InChI is InChI=1S/C20H35F3O/c1-2-3-4-5-6-7-8-9-10-11-12-13-14-15-16-17-18-19(24)20(21,22)23/h10-11H,2-9,12-18H2,1H3/b11-10-. The average molecular weight is 348 g/mol. The summed E-state index contributed by atoms with van der Waals surface area (Å²) < 4.78 is 36.0. The molecule has 0 amide bonds. The molecule has 0 radical (unpaired) electrons. The van der Waals surface area contributed by atoms with Gasteiger partial charge in [-0.05, 0) is 32.1 Å². The van der Waals surface area contributed by atoms with Crippen molar-refractivity contribution in [3.05, 3.63) is 12.2 Å². The summed E-state index contributed by atoms with van der Waals surface area (Å²) in [4.78, 5) is 10.7. The molecule has 4 heteroatoms. The highest BCUT2D eigenvalue weighted by atomic mass is 19.4. The van der Waals surface area contributed by atoms with Crippen LogP contribution in [0, 0.1) is 0 Å². The van der Waals surface area contributed by atoms with Crippen molar-refractivity contribution in [1.82, 2.24) is 0 Å². The maximum absolute atomic E-state index is 12.0. The molecular formula is C20H35F3O. The molecule has 0 saturated heterocycles. The van der Waals surface area contributed by atoms with E-state index >= 15 is 0 Å². The van der Waals surface area contributed by atoms with Crippen LogP contribution in [0.25, 0.3) is 0 Å². The fourth-order valence-electron chi connectivity index (χ4n) is 2.67. The first kappa shape index (κ1) is 23.2. The molecule has 142 valence electrons. The molecule has 0 aromatic carbocycles. The highest BCUT2D eigenvalue weighted by Crippen LogP contribution is 2.20. The first-order valence-electron chi connectivity index (χ1n) is 9.73. The lowest BCUT2D eigenvalue weighted by atomic mass is 10.1. The monoisotopic (exact) mass is 348 g/mol. The second-order valence-corrected chi connectivity index (χ2v) is 6.61. The van der Waals surface area contributed by atoms with Crippen LogP contribution in [-0.4, -0.2) is 12.0 Å². The van der Waals surface area contributed by atoms with E-state index in [1.807, 2.05) is 0 Å². The minimum absolute atomic E-state index is 0.354. The lowest BCUT2D eigenvalue weighted by Gasteiger charge is -2.04. The van der Waals surface area contributed by atoms with Crippen LogP contribution in [0.15, 0.2) is 12.2 Å². The molecule has 0 aromatic rings. The average Bonchev–Trinajstić information content (AvgIpc) is 2.53. The molecule has 0 spiro atoms. The summed E-state index contributed by atoms with van der Waals surface area (Å²) in [6.45, 7) is 2.24. The SMILES string of the molecule is CCCCCCCCC/C=C\CCCCCCCC(=O)C(F)(F)F. The summed E-state index contributed by atoms with van der Waals surface area (Å²) in [5.74, 6) is -1.59. The van der Waals surface area contributed by atoms with E-state index in [2.05, 4.69) is 19.1 Å². The van der Waals surface area contributed by atoms with Gasteiger partial charge in [0.25, 0.3) is 0 Å². The molecule has 0 N–H and O–H groups in total. The van der Waals surface area contributed by atoms with E-state index in [0.717, 1.165) is 32.1 Å². The van der Waals surface area contributed by atoms with Gasteiger partial charge >= 0.3 is 6.18 Å². The zero-order chi connectivity index (χ0) is 18.1. The van der Waals surface area contributed by atoms with Crippen molar-refractivity contribution in [2.75, 3.05) is 0 Å². The van der Waals surface area contributed by atoms with Gasteiger partial charge < -0.3 is 0 Å². The molecule has 0 bridgehead atoms. The number of alkyl halides is 3. The molecule has 0 aromatic heterocycles. The lowest BCUT2D eigenvalue weighted by Crippen LogP contribution is -2.22. The molecule has 0 unspecified atom stereocenters. The molecule has 0 rings (SSSR count). The maximum Gasteiger partial charge on any atom is 0.449 e. The molecule has 0 aliphatic carbocycles. The largest absolute Gasteiger partial charge is 0.449 e. The third-order valence-corrected chi connectivity index (χ3v) is 4.23. The Labute approximate surface area is 146 Å². The number of hydrogen-bond acceptors (Lipinski definition) is 1. The van der Waals surface area contributed by atoms with Crippen LogP contribution in [0.3, 0.4) is 0 Å². The second kappa shape index (κ2) is 15.7. The minimum Gasteiger partial charge on any atom is -0.290 e. The Morgan fingerprint density at radius 2 is 1.12 bits per heavy atom. The van der Waals surface area contributed by atoms with Crippen molar-refractivity contribution in [2.45, 2.75) is 109 Å². The molecule has 0 aliphatic rings. The molecule has 0 fully saturated rings. The molecular weight excluding hydrogens is 313 g/mol. The van der Waals surface area contributed by atoms with Gasteiger partial charge in [0, 0.05) is 6.42 Å². The topological polar surface area (TPSA) is 17.1 Å². The predicted octanol–water partition coefficient (Wildman–Crippen LogP) is 7.55. The quantitative estimate of drug-likeness (QED) is 0.208. The zero-order valence-corrected chi connectivity index (χ0v) is 15.3. The van der Waals surface area contributed by atoms with E-state index in [-0.39, 0.29) is 6.42 Å². The molecule has 0 heterocycles. The number of ketones is 1. The molecule has 0 saturated carbocycles. The summed E-state index contributed by atoms with van der Waals surface area (Å²) in [7, 11) is 0. The highest BCUT2D eigenvalue weighted by molar-refractivity contribution is 5.83. The van der Waals surface area contributed by atoms with Crippen molar-refractivity contribution in [2.24, 2.45) is 0 Å². The van der Waals surface area contributed by atoms with Crippen LogP contribution in [0.4, 0.5) is 13.2 Å². The summed E-state index contributed by atoms with van der Waals surface area (Å²) >= 11 is 0. The molecule has 0 aliphatic heterocycles. The van der Waals surface area contributed by atoms with Gasteiger partial charge in [0.05, 0.1) is 0 Å². The van der Waals surface area contributed by atoms with Crippen LogP contribution >= 0.6 is 0 Å². The third-order valence-electron chi connectivity index (χ3n) is 4.23. The summed E-state index contributed by atoms with van der Waals surface area (Å²) in [6, 6.07) is 0. The van der Waals surface area contributed by atoms with Gasteiger partial charge in [-0.3, -0.25) is 4.79 Å². The van der Waals surface area contributed by atoms with E-state index in [9.17, 15) is 18.0 Å². The normalized spacial score (nSPS) is 12.2. The second-order valence-electron chi connectivity index (χ2n) is 6.61. The van der Waals surface area contributed by atoms with Crippen LogP contribution in [0.2, 0.25) is 0 Å². The Morgan fingerprint density at radius 1 is 0.708 bits per heavy atom. The third kappa shape index (κ3) is 16.1. The van der Waals surface area contributed by atoms with Crippen molar-refractivity contribution >= 4 is 5.78 Å². The Balaban J connectivity index is 3.23. The summed E-state index contributed by atoms with van der Waals surface area (Å²) in [6.07, 6.45) is 15.1. The number of Topliss-reactive ketones (excluding diaryl/α,β-unsaturated/α-hetero) is 1. The van der Waals surface area contributed by atoms with Gasteiger partial charge in [0.15, 0.2) is 0 Å². The van der Waals surface area contributed by atoms with Gasteiger partial charge in [-0.15, -0.1) is 0 Å². The van der Waals surface area contributed by atoms with Gasteiger partial charge in [-0.2, -0.15) is 13.2 Å². The van der Waals surface area contributed by atoms with Crippen LogP contribution in [-0.2, 0) is 4.79 Å². The number of unbranched alkanes of at least 4 members (excludes halogenated alkanes) is 12. The van der Waals surface area contributed by atoms with E-state index < -0.39 is 12.0 Å². The first-order valence-corrected chi connectivity index (χ1v) is 9.73. The lowest BCUT2D eigenvalue weighted by molar-refractivity contribution is -0.171. The highest BCUT2D eigenvalue weighted by Gasteiger charge is 2.36. The Morgan fingerprint density at radius 3 is 1.58 bits per heavy atom. The van der Waals surface area contributed by atoms with E-state index in [1.165, 1.54) is 44.9 Å². The zero-order valence-electron chi connectivity index (χ0n) is 15.3. The number of hydrogen-bond donors (Lipinski definition) is 0. The predicted molar refractivity (Wildman–Crippen MR) is 95.1 cm³/mol. The summed E-state index contributed by atoms with van der Waals surface area (Å²) in [5, 5.41) is 0. The van der Waals surface area contributed by atoms with Crippen LogP contribution in [0.5, 0.6) is 0 Å². The molecule has 24 heavy (non-hydrogen) atoms. The smallest absolute Gasteiger partial charge is 0.290 e. The van der Waals surface area contributed by atoms with Gasteiger partial charge in [-0.25, -0.2) is 0 Å². The van der Waals surface area contributed by atoms with E-state index in [1.54, 1.807) is 0 Å². The van der Waals surface area contributed by atoms with E-state index in [4.69, 9.17) is 0 Å². The molecule has 1 nitrogen and oxygen atoms in total. The van der Waals surface area contributed by atoms with Gasteiger partial charge in [0.1, 0.15) is 0 Å².